The second-order valence-corrected chi connectivity index (χ2v) is 8.99. The number of fused-ring (bicyclic) bond motifs is 1. The van der Waals surface area contributed by atoms with Crippen molar-refractivity contribution in [2.75, 3.05) is 24.7 Å². The molecular weight excluding hydrogens is 500 g/mol. The van der Waals surface area contributed by atoms with Gasteiger partial charge in [-0.05, 0) is 22.0 Å². The molecule has 12 heteroatoms. The van der Waals surface area contributed by atoms with Gasteiger partial charge in [0.1, 0.15) is 17.5 Å². The molecule has 32 heavy (non-hydrogen) atoms. The Morgan fingerprint density at radius 2 is 1.97 bits per heavy atom. The molecular formula is C20H25BrN6O4S. The second kappa shape index (κ2) is 11.0. The van der Waals surface area contributed by atoms with Gasteiger partial charge in [0.05, 0.1) is 18.3 Å². The molecule has 0 radical (unpaired) electrons. The standard InChI is InChI=1S/C15H15BrN4O4S.C3H4N2.C2H6/c1-17-14(21)13-9-6-10(16)11(19(2)25(3,22)23)7-12(9)24-15(13)20-5-4-18-8-20;1-2-5-3-4-1;1-2/h4-8H,1-3H3,(H,17,21);1-3H,(H,4,5);1-2H3. The molecule has 0 aliphatic heterocycles. The number of aromatic nitrogens is 4. The average Bonchev–Trinajstić information content (AvgIpc) is 3.55. The number of hydrogen-bond acceptors (Lipinski definition) is 6. The van der Waals surface area contributed by atoms with E-state index in [2.05, 4.69) is 36.2 Å². The number of sulfonamides is 1. The lowest BCUT2D eigenvalue weighted by Gasteiger charge is -2.18. The van der Waals surface area contributed by atoms with Crippen LogP contribution in [0.5, 0.6) is 0 Å². The number of imidazole rings is 2. The number of benzene rings is 1. The fraction of sp³-hybridized carbons (Fsp3) is 0.250. The van der Waals surface area contributed by atoms with Crippen LogP contribution in [-0.4, -0.2) is 54.2 Å². The van der Waals surface area contributed by atoms with Gasteiger partial charge in [0, 0.05) is 54.8 Å². The predicted molar refractivity (Wildman–Crippen MR) is 128 cm³/mol. The maximum Gasteiger partial charge on any atom is 0.257 e. The molecule has 1 amide bonds. The van der Waals surface area contributed by atoms with Crippen LogP contribution in [-0.2, 0) is 10.0 Å². The molecule has 0 saturated carbocycles. The molecule has 3 heterocycles. The summed E-state index contributed by atoms with van der Waals surface area (Å²) >= 11 is 3.38. The number of rotatable bonds is 4. The number of nitrogens with zero attached hydrogens (tertiary/aromatic N) is 4. The average molecular weight is 525 g/mol. The number of nitrogens with one attached hydrogen (secondary N) is 2. The summed E-state index contributed by atoms with van der Waals surface area (Å²) in [6.07, 6.45) is 10.9. The Hall–Kier alpha value is -3.12. The predicted octanol–water partition coefficient (Wildman–Crippen LogP) is 3.57. The second-order valence-electron chi connectivity index (χ2n) is 6.12. The zero-order chi connectivity index (χ0) is 23.9. The molecule has 0 aliphatic carbocycles. The van der Waals surface area contributed by atoms with E-state index in [-0.39, 0.29) is 5.91 Å². The zero-order valence-corrected chi connectivity index (χ0v) is 20.7. The summed E-state index contributed by atoms with van der Waals surface area (Å²) in [6, 6.07) is 3.24. The fourth-order valence-electron chi connectivity index (χ4n) is 2.63. The maximum absolute atomic E-state index is 12.4. The van der Waals surface area contributed by atoms with Gasteiger partial charge in [-0.2, -0.15) is 0 Å². The van der Waals surface area contributed by atoms with Gasteiger partial charge in [0.15, 0.2) is 0 Å². The van der Waals surface area contributed by atoms with Crippen LogP contribution in [0.1, 0.15) is 24.2 Å². The molecule has 0 unspecified atom stereocenters. The SMILES string of the molecule is CC.CNC(=O)c1c(-n2ccnc2)oc2cc(N(C)S(C)(=O)=O)c(Br)cc12.c1c[nH]cn1. The van der Waals surface area contributed by atoms with Crippen LogP contribution in [0.4, 0.5) is 5.69 Å². The summed E-state index contributed by atoms with van der Waals surface area (Å²) in [7, 11) is -0.475. The number of carbonyl (C=O) groups excluding carboxylic acids is 1. The number of halogens is 1. The minimum absolute atomic E-state index is 0.304. The highest BCUT2D eigenvalue weighted by Gasteiger charge is 2.24. The number of hydrogen-bond donors (Lipinski definition) is 2. The molecule has 0 atom stereocenters. The molecule has 0 saturated heterocycles. The van der Waals surface area contributed by atoms with Gasteiger partial charge >= 0.3 is 0 Å². The van der Waals surface area contributed by atoms with E-state index in [0.29, 0.717) is 32.6 Å². The summed E-state index contributed by atoms with van der Waals surface area (Å²) in [5.41, 5.74) is 1.13. The minimum atomic E-state index is -3.45. The van der Waals surface area contributed by atoms with Crippen LogP contribution in [0.3, 0.4) is 0 Å². The first-order valence-electron chi connectivity index (χ1n) is 9.57. The van der Waals surface area contributed by atoms with Crippen molar-refractivity contribution in [2.24, 2.45) is 0 Å². The summed E-state index contributed by atoms with van der Waals surface area (Å²) in [4.78, 5) is 22.7. The van der Waals surface area contributed by atoms with E-state index in [1.807, 2.05) is 13.8 Å². The van der Waals surface area contributed by atoms with Crippen LogP contribution in [0, 0.1) is 0 Å². The summed E-state index contributed by atoms with van der Waals surface area (Å²) in [6.45, 7) is 4.00. The number of aromatic amines is 1. The first-order chi connectivity index (χ1) is 15.2. The minimum Gasteiger partial charge on any atom is -0.439 e. The first kappa shape index (κ1) is 25.1. The lowest BCUT2D eigenvalue weighted by molar-refractivity contribution is 0.0964. The van der Waals surface area contributed by atoms with Crippen molar-refractivity contribution >= 4 is 48.5 Å². The molecule has 10 nitrogen and oxygen atoms in total. The molecule has 172 valence electrons. The van der Waals surface area contributed by atoms with Gasteiger partial charge in [-0.3, -0.25) is 13.7 Å². The Kier molecular flexibility index (Phi) is 8.61. The summed E-state index contributed by atoms with van der Waals surface area (Å²) in [5, 5.41) is 3.14. The van der Waals surface area contributed by atoms with E-state index in [0.717, 1.165) is 10.6 Å². The molecule has 1 aromatic carbocycles. The molecule has 4 aromatic rings. The van der Waals surface area contributed by atoms with Gasteiger partial charge in [-0.25, -0.2) is 18.4 Å². The van der Waals surface area contributed by atoms with Gasteiger partial charge in [0.25, 0.3) is 5.91 Å². The number of anilines is 1. The zero-order valence-electron chi connectivity index (χ0n) is 18.3. The van der Waals surface area contributed by atoms with E-state index in [4.69, 9.17) is 4.42 Å². The van der Waals surface area contributed by atoms with Crippen molar-refractivity contribution in [3.63, 3.8) is 0 Å². The highest BCUT2D eigenvalue weighted by molar-refractivity contribution is 9.10. The van der Waals surface area contributed by atoms with Crippen LogP contribution < -0.4 is 9.62 Å². The largest absolute Gasteiger partial charge is 0.439 e. The molecule has 0 aliphatic rings. The summed E-state index contributed by atoms with van der Waals surface area (Å²) < 4.78 is 32.7. The topological polar surface area (TPSA) is 126 Å². The Bertz CT molecular complexity index is 1230. The van der Waals surface area contributed by atoms with Gasteiger partial charge in [-0.15, -0.1) is 0 Å². The number of carbonyl (C=O) groups is 1. The third-order valence-electron chi connectivity index (χ3n) is 4.17. The quantitative estimate of drug-likeness (QED) is 0.420. The third kappa shape index (κ3) is 5.56. The van der Waals surface area contributed by atoms with Crippen molar-refractivity contribution in [2.45, 2.75) is 13.8 Å². The van der Waals surface area contributed by atoms with Crippen LogP contribution in [0.25, 0.3) is 16.9 Å². The highest BCUT2D eigenvalue weighted by atomic mass is 79.9. The number of H-pyrrole nitrogens is 1. The Morgan fingerprint density at radius 3 is 2.44 bits per heavy atom. The third-order valence-corrected chi connectivity index (χ3v) is 6.00. The monoisotopic (exact) mass is 524 g/mol. The molecule has 2 N–H and O–H groups in total. The van der Waals surface area contributed by atoms with Crippen LogP contribution in [0.15, 0.2) is 58.5 Å². The smallest absolute Gasteiger partial charge is 0.257 e. The van der Waals surface area contributed by atoms with Crippen molar-refractivity contribution in [1.82, 2.24) is 24.8 Å². The molecule has 0 spiro atoms. The van der Waals surface area contributed by atoms with Gasteiger partial charge in [-0.1, -0.05) is 13.8 Å². The van der Waals surface area contributed by atoms with E-state index < -0.39 is 10.0 Å². The van der Waals surface area contributed by atoms with Crippen molar-refractivity contribution < 1.29 is 17.6 Å². The van der Waals surface area contributed by atoms with Gasteiger partial charge < -0.3 is 14.7 Å². The molecule has 3 aromatic heterocycles. The van der Waals surface area contributed by atoms with Gasteiger partial charge in [0.2, 0.25) is 15.9 Å². The van der Waals surface area contributed by atoms with E-state index >= 15 is 0 Å². The fourth-order valence-corrected chi connectivity index (χ4v) is 3.87. The lowest BCUT2D eigenvalue weighted by atomic mass is 10.1. The Morgan fingerprint density at radius 1 is 1.25 bits per heavy atom. The van der Waals surface area contributed by atoms with Crippen LogP contribution >= 0.6 is 15.9 Å². The Balaban J connectivity index is 0.000000448. The first-order valence-corrected chi connectivity index (χ1v) is 12.2. The van der Waals surface area contributed by atoms with E-state index in [1.165, 1.54) is 20.4 Å². The Labute approximate surface area is 194 Å². The molecule has 0 fully saturated rings. The van der Waals surface area contributed by atoms with Crippen molar-refractivity contribution in [3.05, 3.63) is 59.6 Å². The molecule has 4 rings (SSSR count). The normalized spacial score (nSPS) is 10.6. The van der Waals surface area contributed by atoms with Crippen molar-refractivity contribution in [1.29, 1.82) is 0 Å². The number of amides is 1. The highest BCUT2D eigenvalue weighted by Crippen LogP contribution is 2.37. The number of furan rings is 1. The lowest BCUT2D eigenvalue weighted by Crippen LogP contribution is -2.25. The van der Waals surface area contributed by atoms with Crippen molar-refractivity contribution in [3.8, 4) is 5.88 Å². The van der Waals surface area contributed by atoms with Crippen LogP contribution in [0.2, 0.25) is 0 Å². The maximum atomic E-state index is 12.4. The van der Waals surface area contributed by atoms with E-state index in [1.54, 1.807) is 47.8 Å². The molecule has 0 bridgehead atoms. The van der Waals surface area contributed by atoms with E-state index in [9.17, 15) is 13.2 Å². The summed E-state index contributed by atoms with van der Waals surface area (Å²) in [5.74, 6) is -0.0172.